The summed E-state index contributed by atoms with van der Waals surface area (Å²) in [6.45, 7) is 7.10. The molecule has 0 aliphatic rings. The minimum absolute atomic E-state index is 0.597. The van der Waals surface area contributed by atoms with Gasteiger partial charge < -0.3 is 15.8 Å². The molecular weight excluding hydrogens is 392 g/mol. The van der Waals surface area contributed by atoms with Gasteiger partial charge in [-0.05, 0) is 85.3 Å². The van der Waals surface area contributed by atoms with Gasteiger partial charge in [0.15, 0.2) is 0 Å². The molecule has 0 saturated carbocycles. The third-order valence-corrected chi connectivity index (χ3v) is 5.93. The van der Waals surface area contributed by atoms with Crippen molar-refractivity contribution in [2.24, 2.45) is 10.9 Å². The van der Waals surface area contributed by atoms with Crippen molar-refractivity contribution >= 4 is 23.3 Å². The summed E-state index contributed by atoms with van der Waals surface area (Å²) in [5, 5.41) is 6.56. The van der Waals surface area contributed by atoms with Gasteiger partial charge in [0, 0.05) is 29.4 Å². The fourth-order valence-electron chi connectivity index (χ4n) is 3.04. The second-order valence-corrected chi connectivity index (χ2v) is 8.56. The molecule has 3 aromatic carbocycles. The lowest BCUT2D eigenvalue weighted by atomic mass is 9.92. The quantitative estimate of drug-likeness (QED) is 0.286. The van der Waals surface area contributed by atoms with E-state index in [4.69, 9.17) is 5.73 Å². The van der Waals surface area contributed by atoms with Gasteiger partial charge in [0.2, 0.25) is 0 Å². The fourth-order valence-corrected chi connectivity index (χ4v) is 3.81. The van der Waals surface area contributed by atoms with Gasteiger partial charge in [0.25, 0.3) is 0 Å². The molecule has 0 spiro atoms. The molecule has 3 aromatic rings. The van der Waals surface area contributed by atoms with Gasteiger partial charge in [0.1, 0.15) is 5.54 Å². The Bertz CT molecular complexity index is 1020. The van der Waals surface area contributed by atoms with Crippen molar-refractivity contribution in [3.05, 3.63) is 82.8 Å². The molecule has 0 fully saturated rings. The minimum Gasteiger partial charge on any atom is -0.384 e. The molecule has 0 heterocycles. The number of nitrogens with two attached hydrogens (primary N) is 1. The highest BCUT2D eigenvalue weighted by Crippen LogP contribution is 2.32. The number of nitrogens with one attached hydrogen (secondary N) is 2. The molecule has 0 bridgehead atoms. The smallest absolute Gasteiger partial charge is 0.122 e. The van der Waals surface area contributed by atoms with Gasteiger partial charge in [-0.2, -0.15) is 0 Å². The van der Waals surface area contributed by atoms with E-state index in [-0.39, 0.29) is 0 Å². The average Bonchev–Trinajstić information content (AvgIpc) is 2.77. The van der Waals surface area contributed by atoms with Crippen molar-refractivity contribution < 1.29 is 0 Å². The van der Waals surface area contributed by atoms with Crippen LogP contribution in [0.2, 0.25) is 0 Å². The Morgan fingerprint density at radius 1 is 0.967 bits per heavy atom. The highest BCUT2D eigenvalue weighted by atomic mass is 32.2. The van der Waals surface area contributed by atoms with Crippen LogP contribution in [0.25, 0.3) is 11.1 Å². The van der Waals surface area contributed by atoms with Crippen LogP contribution in [-0.2, 0) is 5.54 Å². The zero-order valence-corrected chi connectivity index (χ0v) is 18.4. The van der Waals surface area contributed by atoms with Gasteiger partial charge in [-0.3, -0.25) is 0 Å². The largest absolute Gasteiger partial charge is 0.384 e. The number of hydrogen-bond acceptors (Lipinski definition) is 6. The van der Waals surface area contributed by atoms with Gasteiger partial charge >= 0.3 is 0 Å². The third kappa shape index (κ3) is 5.40. The zero-order valence-electron chi connectivity index (χ0n) is 17.6. The Morgan fingerprint density at radius 3 is 2.47 bits per heavy atom. The lowest BCUT2D eigenvalue weighted by Crippen LogP contribution is -2.12. The zero-order chi connectivity index (χ0) is 21.6. The van der Waals surface area contributed by atoms with Crippen molar-refractivity contribution in [2.45, 2.75) is 31.2 Å². The predicted molar refractivity (Wildman–Crippen MR) is 129 cm³/mol. The summed E-state index contributed by atoms with van der Waals surface area (Å²) in [4.78, 5) is 12.3. The van der Waals surface area contributed by atoms with Gasteiger partial charge in [-0.1, -0.05) is 41.6 Å². The van der Waals surface area contributed by atoms with E-state index in [0.29, 0.717) is 6.54 Å². The summed E-state index contributed by atoms with van der Waals surface area (Å²) in [6, 6.07) is 22.6. The maximum atomic E-state index is 11.2. The lowest BCUT2D eigenvalue weighted by Gasteiger charge is -2.17. The lowest BCUT2D eigenvalue weighted by molar-refractivity contribution is 0.553. The molecule has 0 saturated heterocycles. The molecule has 0 atom stereocenters. The molecule has 30 heavy (non-hydrogen) atoms. The van der Waals surface area contributed by atoms with Crippen LogP contribution in [0.1, 0.15) is 25.0 Å². The minimum atomic E-state index is -0.747. The number of nitroso groups, excluding NO2 is 1. The van der Waals surface area contributed by atoms with Crippen molar-refractivity contribution in [2.75, 3.05) is 23.1 Å². The molecule has 156 valence electrons. The van der Waals surface area contributed by atoms with E-state index in [0.717, 1.165) is 39.5 Å². The third-order valence-electron chi connectivity index (χ3n) is 4.93. The Labute approximate surface area is 182 Å². The summed E-state index contributed by atoms with van der Waals surface area (Å²) in [5.74, 6) is 0. The first-order valence-corrected chi connectivity index (χ1v) is 10.8. The Balaban J connectivity index is 1.80. The number of nitrogens with zero attached hydrogens (tertiary/aromatic N) is 1. The summed E-state index contributed by atoms with van der Waals surface area (Å²) in [5.41, 5.74) is 11.2. The van der Waals surface area contributed by atoms with Crippen LogP contribution in [0.4, 0.5) is 11.4 Å². The first kappa shape index (κ1) is 21.9. The van der Waals surface area contributed by atoms with Crippen molar-refractivity contribution in [1.82, 2.24) is 0 Å². The van der Waals surface area contributed by atoms with E-state index in [1.54, 1.807) is 11.9 Å². The van der Waals surface area contributed by atoms with Crippen molar-refractivity contribution in [3.8, 4) is 11.1 Å². The monoisotopic (exact) mass is 420 g/mol. The van der Waals surface area contributed by atoms with Crippen LogP contribution in [-0.4, -0.2) is 13.1 Å². The summed E-state index contributed by atoms with van der Waals surface area (Å²) in [6.07, 6.45) is 0. The van der Waals surface area contributed by atoms with Gasteiger partial charge in [-0.15, -0.1) is 4.91 Å². The normalized spacial score (nSPS) is 11.2. The summed E-state index contributed by atoms with van der Waals surface area (Å²) < 4.78 is 3.43. The van der Waals surface area contributed by atoms with Crippen LogP contribution in [0.15, 0.2) is 76.8 Å². The van der Waals surface area contributed by atoms with E-state index in [1.807, 2.05) is 50.2 Å². The number of benzene rings is 3. The number of aryl methyl sites for hydroxylation is 1. The molecule has 0 radical (unpaired) electrons. The molecule has 4 N–H and O–H groups in total. The predicted octanol–water partition coefficient (Wildman–Crippen LogP) is 6.15. The average molecular weight is 421 g/mol. The van der Waals surface area contributed by atoms with Crippen LogP contribution >= 0.6 is 11.9 Å². The van der Waals surface area contributed by atoms with Crippen LogP contribution in [0.3, 0.4) is 0 Å². The Morgan fingerprint density at radius 2 is 1.70 bits per heavy atom. The standard InChI is InChI=1S/C24H28N4OS/c1-17-10-11-19(18-6-4-7-20(14-18)24(2,3)28-29)15-23(17)30-27-22-9-5-8-21(16-22)26-13-12-25/h4-11,14-16,26-27H,12-13,25H2,1-3H3. The van der Waals surface area contributed by atoms with E-state index in [2.05, 4.69) is 52.5 Å². The summed E-state index contributed by atoms with van der Waals surface area (Å²) in [7, 11) is 0. The first-order valence-electron chi connectivity index (χ1n) is 9.96. The van der Waals surface area contributed by atoms with Crippen molar-refractivity contribution in [3.63, 3.8) is 0 Å². The summed E-state index contributed by atoms with van der Waals surface area (Å²) >= 11 is 1.58. The van der Waals surface area contributed by atoms with E-state index < -0.39 is 5.54 Å². The number of hydrogen-bond donors (Lipinski definition) is 3. The second-order valence-electron chi connectivity index (χ2n) is 7.71. The SMILES string of the molecule is Cc1ccc(-c2cccc(C(C)(C)N=O)c2)cc1SNc1cccc(NCCN)c1. The molecule has 0 aliphatic heterocycles. The highest BCUT2D eigenvalue weighted by molar-refractivity contribution is 8.00. The molecule has 0 aromatic heterocycles. The van der Waals surface area contributed by atoms with Gasteiger partial charge in [0.05, 0.1) is 0 Å². The fraction of sp³-hybridized carbons (Fsp3) is 0.250. The molecule has 0 unspecified atom stereocenters. The van der Waals surface area contributed by atoms with Gasteiger partial charge in [-0.25, -0.2) is 0 Å². The second kappa shape index (κ2) is 9.78. The van der Waals surface area contributed by atoms with E-state index >= 15 is 0 Å². The maximum Gasteiger partial charge on any atom is 0.122 e. The highest BCUT2D eigenvalue weighted by Gasteiger charge is 2.21. The topological polar surface area (TPSA) is 79.5 Å². The van der Waals surface area contributed by atoms with E-state index in [1.165, 1.54) is 5.56 Å². The number of anilines is 2. The first-order chi connectivity index (χ1) is 14.4. The van der Waals surface area contributed by atoms with Crippen LogP contribution < -0.4 is 15.8 Å². The number of rotatable bonds is 9. The molecule has 5 nitrogen and oxygen atoms in total. The van der Waals surface area contributed by atoms with E-state index in [9.17, 15) is 4.91 Å². The Hall–Kier alpha value is -2.83. The molecule has 0 amide bonds. The molecule has 6 heteroatoms. The van der Waals surface area contributed by atoms with Crippen LogP contribution in [0.5, 0.6) is 0 Å². The maximum absolute atomic E-state index is 11.2. The Kier molecular flexibility index (Phi) is 7.13. The molecule has 3 rings (SSSR count). The molecule has 0 aliphatic carbocycles. The van der Waals surface area contributed by atoms with Crippen molar-refractivity contribution in [1.29, 1.82) is 0 Å². The molecular formula is C24H28N4OS. The van der Waals surface area contributed by atoms with Crippen LogP contribution in [0, 0.1) is 11.8 Å².